The van der Waals surface area contributed by atoms with Crippen molar-refractivity contribution in [2.24, 2.45) is 4.99 Å². The molecule has 5 nitrogen and oxygen atoms in total. The lowest BCUT2D eigenvalue weighted by Gasteiger charge is -2.26. The van der Waals surface area contributed by atoms with Crippen LogP contribution in [0.2, 0.25) is 0 Å². The smallest absolute Gasteiger partial charge is 0.240 e. The van der Waals surface area contributed by atoms with Crippen LogP contribution in [0.1, 0.15) is 27.7 Å². The van der Waals surface area contributed by atoms with Crippen molar-refractivity contribution in [3.05, 3.63) is 30.3 Å². The highest BCUT2D eigenvalue weighted by atomic mass is 127. The Labute approximate surface area is 173 Å². The lowest BCUT2D eigenvalue weighted by atomic mass is 10.1. The minimum Gasteiger partial charge on any atom is -0.355 e. The first-order chi connectivity index (χ1) is 11.2. The van der Waals surface area contributed by atoms with Crippen LogP contribution in [-0.4, -0.2) is 54.7 Å². The molecule has 0 fully saturated rings. The molecule has 0 aliphatic carbocycles. The van der Waals surface area contributed by atoms with Crippen LogP contribution < -0.4 is 10.6 Å². The van der Waals surface area contributed by atoms with E-state index in [1.54, 1.807) is 7.05 Å². The second-order valence-corrected chi connectivity index (χ2v) is 8.34. The van der Waals surface area contributed by atoms with E-state index in [9.17, 15) is 4.79 Å². The minimum atomic E-state index is -0.226. The number of carbonyl (C=O) groups excluding carboxylic acids is 1. The third kappa shape index (κ3) is 10.6. The molecular formula is C18H31IN4OS. The van der Waals surface area contributed by atoms with E-state index in [1.165, 1.54) is 4.90 Å². The molecule has 2 N–H and O–H groups in total. The summed E-state index contributed by atoms with van der Waals surface area (Å²) in [7, 11) is 3.60. The predicted octanol–water partition coefficient (Wildman–Crippen LogP) is 3.21. The van der Waals surface area contributed by atoms with Gasteiger partial charge in [0.2, 0.25) is 5.91 Å². The van der Waals surface area contributed by atoms with Gasteiger partial charge in [-0.2, -0.15) is 0 Å². The van der Waals surface area contributed by atoms with Crippen molar-refractivity contribution in [2.45, 2.75) is 43.4 Å². The molecule has 0 aliphatic rings. The van der Waals surface area contributed by atoms with E-state index < -0.39 is 0 Å². The van der Waals surface area contributed by atoms with Crippen molar-refractivity contribution in [3.63, 3.8) is 0 Å². The quantitative estimate of drug-likeness (QED) is 0.286. The fraction of sp³-hybridized carbons (Fsp3) is 0.556. The van der Waals surface area contributed by atoms with Crippen LogP contribution in [0.4, 0.5) is 0 Å². The van der Waals surface area contributed by atoms with Crippen LogP contribution in [-0.2, 0) is 4.79 Å². The summed E-state index contributed by atoms with van der Waals surface area (Å²) in [6.45, 7) is 9.14. The molecule has 1 rings (SSSR count). The molecule has 7 heteroatoms. The molecule has 0 bridgehead atoms. The second-order valence-electron chi connectivity index (χ2n) is 6.82. The van der Waals surface area contributed by atoms with Crippen LogP contribution in [0.25, 0.3) is 0 Å². The highest BCUT2D eigenvalue weighted by molar-refractivity contribution is 14.0. The number of hydrogen-bond acceptors (Lipinski definition) is 3. The summed E-state index contributed by atoms with van der Waals surface area (Å²) in [5, 5.41) is 6.68. The minimum absolute atomic E-state index is 0. The summed E-state index contributed by atoms with van der Waals surface area (Å²) in [5.41, 5.74) is -0.226. The first kappa shape index (κ1) is 24.0. The van der Waals surface area contributed by atoms with Crippen molar-refractivity contribution in [2.75, 3.05) is 27.2 Å². The number of carbonyl (C=O) groups is 1. The Kier molecular flexibility index (Phi) is 11.2. The van der Waals surface area contributed by atoms with Gasteiger partial charge in [-0.3, -0.25) is 9.79 Å². The zero-order chi connectivity index (χ0) is 18.2. The Balaban J connectivity index is 0.00000576. The maximum Gasteiger partial charge on any atom is 0.240 e. The Bertz CT molecular complexity index is 546. The third-order valence-electron chi connectivity index (χ3n) is 3.10. The average molecular weight is 478 g/mol. The first-order valence-electron chi connectivity index (χ1n) is 8.16. The topological polar surface area (TPSA) is 56.7 Å². The second kappa shape index (κ2) is 11.6. The number of aliphatic imine (C=N–C) groups is 1. The predicted molar refractivity (Wildman–Crippen MR) is 119 cm³/mol. The van der Waals surface area contributed by atoms with Crippen LogP contribution >= 0.6 is 35.7 Å². The number of thioether (sulfide) groups is 1. The molecule has 1 aromatic rings. The summed E-state index contributed by atoms with van der Waals surface area (Å²) >= 11 is 1.81. The van der Waals surface area contributed by atoms with Gasteiger partial charge in [0.05, 0.1) is 6.54 Å². The molecule has 25 heavy (non-hydrogen) atoms. The molecule has 1 atom stereocenters. The van der Waals surface area contributed by atoms with Gasteiger partial charge in [-0.05, 0) is 32.9 Å². The van der Waals surface area contributed by atoms with Gasteiger partial charge in [0.1, 0.15) is 0 Å². The summed E-state index contributed by atoms with van der Waals surface area (Å²) in [5.74, 6) is 0.708. The van der Waals surface area contributed by atoms with Crippen LogP contribution in [0, 0.1) is 0 Å². The van der Waals surface area contributed by atoms with E-state index >= 15 is 0 Å². The van der Waals surface area contributed by atoms with Gasteiger partial charge in [-0.15, -0.1) is 35.7 Å². The number of nitrogens with zero attached hydrogens (tertiary/aromatic N) is 2. The van der Waals surface area contributed by atoms with Gasteiger partial charge in [-0.1, -0.05) is 25.1 Å². The zero-order valence-electron chi connectivity index (χ0n) is 16.0. The largest absolute Gasteiger partial charge is 0.355 e. The molecule has 0 saturated carbocycles. The molecule has 0 spiro atoms. The van der Waals surface area contributed by atoms with E-state index in [-0.39, 0.29) is 42.0 Å². The molecular weight excluding hydrogens is 447 g/mol. The van der Waals surface area contributed by atoms with Gasteiger partial charge in [0.25, 0.3) is 0 Å². The molecule has 0 aliphatic heterocycles. The number of hydrogen-bond donors (Lipinski definition) is 2. The lowest BCUT2D eigenvalue weighted by Crippen LogP contribution is -2.49. The van der Waals surface area contributed by atoms with E-state index in [2.05, 4.69) is 34.7 Å². The molecule has 1 amide bonds. The summed E-state index contributed by atoms with van der Waals surface area (Å²) in [6.07, 6.45) is 0. The fourth-order valence-electron chi connectivity index (χ4n) is 2.14. The third-order valence-corrected chi connectivity index (χ3v) is 4.21. The SMILES string of the molecule is CN=C(NCC(C)Sc1ccccc1)N(C)CC(=O)NC(C)(C)C.I. The molecule has 0 radical (unpaired) electrons. The van der Waals surface area contributed by atoms with E-state index in [1.807, 2.05) is 62.7 Å². The maximum absolute atomic E-state index is 12.0. The monoisotopic (exact) mass is 478 g/mol. The van der Waals surface area contributed by atoms with Gasteiger partial charge in [0, 0.05) is 36.3 Å². The number of benzene rings is 1. The molecule has 0 heterocycles. The van der Waals surface area contributed by atoms with Crippen molar-refractivity contribution < 1.29 is 4.79 Å². The normalized spacial score (nSPS) is 12.8. The first-order valence-corrected chi connectivity index (χ1v) is 9.03. The number of nitrogens with one attached hydrogen (secondary N) is 2. The number of likely N-dealkylation sites (N-methyl/N-ethyl adjacent to an activating group) is 1. The highest BCUT2D eigenvalue weighted by Crippen LogP contribution is 2.21. The Morgan fingerprint density at radius 1 is 1.28 bits per heavy atom. The standard InChI is InChI=1S/C18H30N4OS.HI/c1-14(24-15-10-8-7-9-11-15)12-20-17(19-5)22(6)13-16(23)21-18(2,3)4;/h7-11,14H,12-13H2,1-6H3,(H,19,20)(H,21,23);1H. The van der Waals surface area contributed by atoms with Crippen molar-refractivity contribution in [1.29, 1.82) is 0 Å². The molecule has 142 valence electrons. The molecule has 1 unspecified atom stereocenters. The van der Waals surface area contributed by atoms with Gasteiger partial charge >= 0.3 is 0 Å². The van der Waals surface area contributed by atoms with Gasteiger partial charge in [0.15, 0.2) is 5.96 Å². The lowest BCUT2D eigenvalue weighted by molar-refractivity contribution is -0.122. The van der Waals surface area contributed by atoms with Gasteiger partial charge < -0.3 is 15.5 Å². The molecule has 1 aromatic carbocycles. The van der Waals surface area contributed by atoms with Crippen LogP contribution in [0.5, 0.6) is 0 Å². The van der Waals surface area contributed by atoms with E-state index in [0.717, 1.165) is 12.5 Å². The number of rotatable bonds is 6. The summed E-state index contributed by atoms with van der Waals surface area (Å²) < 4.78 is 0. The van der Waals surface area contributed by atoms with Crippen molar-refractivity contribution >= 4 is 47.6 Å². The van der Waals surface area contributed by atoms with E-state index in [0.29, 0.717) is 5.25 Å². The fourth-order valence-corrected chi connectivity index (χ4v) is 3.09. The van der Waals surface area contributed by atoms with Crippen molar-refractivity contribution in [1.82, 2.24) is 15.5 Å². The van der Waals surface area contributed by atoms with E-state index in [4.69, 9.17) is 0 Å². The number of halogens is 1. The molecule has 0 aromatic heterocycles. The van der Waals surface area contributed by atoms with Crippen LogP contribution in [0.3, 0.4) is 0 Å². The Hall–Kier alpha value is -0.960. The summed E-state index contributed by atoms with van der Waals surface area (Å²) in [6, 6.07) is 10.3. The maximum atomic E-state index is 12.0. The Morgan fingerprint density at radius 2 is 1.88 bits per heavy atom. The highest BCUT2D eigenvalue weighted by Gasteiger charge is 2.17. The van der Waals surface area contributed by atoms with Crippen LogP contribution in [0.15, 0.2) is 40.2 Å². The van der Waals surface area contributed by atoms with Gasteiger partial charge in [-0.25, -0.2) is 0 Å². The number of amides is 1. The zero-order valence-corrected chi connectivity index (χ0v) is 19.1. The van der Waals surface area contributed by atoms with Crippen molar-refractivity contribution in [3.8, 4) is 0 Å². The average Bonchev–Trinajstić information content (AvgIpc) is 2.46. The summed E-state index contributed by atoms with van der Waals surface area (Å²) in [4.78, 5) is 19.4. The number of guanidine groups is 1. The molecule has 0 saturated heterocycles. The Morgan fingerprint density at radius 3 is 2.40 bits per heavy atom.